The van der Waals surface area contributed by atoms with Crippen molar-refractivity contribution in [3.63, 3.8) is 0 Å². The SMILES string of the molecule is O=[N+]([O-])c1ccc(NCC2CCNCC2)cc1C(F)(F)F. The number of piperidine rings is 1. The van der Waals surface area contributed by atoms with Gasteiger partial charge in [-0.3, -0.25) is 10.1 Å². The van der Waals surface area contributed by atoms with Crippen LogP contribution in [0.25, 0.3) is 0 Å². The molecule has 116 valence electrons. The second kappa shape index (κ2) is 6.30. The molecule has 2 rings (SSSR count). The van der Waals surface area contributed by atoms with Crippen LogP contribution in [0.2, 0.25) is 0 Å². The lowest BCUT2D eigenvalue weighted by Gasteiger charge is -2.23. The normalized spacial score (nSPS) is 16.7. The first-order chi connectivity index (χ1) is 9.88. The first kappa shape index (κ1) is 15.6. The fourth-order valence-corrected chi connectivity index (χ4v) is 2.38. The molecule has 0 saturated carbocycles. The molecule has 1 saturated heterocycles. The van der Waals surface area contributed by atoms with Crippen molar-refractivity contribution in [3.05, 3.63) is 33.9 Å². The van der Waals surface area contributed by atoms with Crippen LogP contribution in [0.4, 0.5) is 24.5 Å². The molecule has 0 unspecified atom stereocenters. The fraction of sp³-hybridized carbons (Fsp3) is 0.538. The lowest BCUT2D eigenvalue weighted by molar-refractivity contribution is -0.388. The van der Waals surface area contributed by atoms with E-state index in [0.29, 0.717) is 12.5 Å². The van der Waals surface area contributed by atoms with Gasteiger partial charge in [-0.15, -0.1) is 0 Å². The molecule has 1 fully saturated rings. The Morgan fingerprint density at radius 2 is 2.00 bits per heavy atom. The molecule has 0 amide bonds. The van der Waals surface area contributed by atoms with Gasteiger partial charge in [-0.1, -0.05) is 0 Å². The van der Waals surface area contributed by atoms with Crippen molar-refractivity contribution in [1.29, 1.82) is 0 Å². The molecule has 1 heterocycles. The number of hydrogen-bond acceptors (Lipinski definition) is 4. The van der Waals surface area contributed by atoms with E-state index in [-0.39, 0.29) is 5.69 Å². The van der Waals surface area contributed by atoms with Gasteiger partial charge in [0.1, 0.15) is 5.56 Å². The van der Waals surface area contributed by atoms with Crippen LogP contribution >= 0.6 is 0 Å². The molecule has 0 aromatic heterocycles. The number of nitro benzene ring substituents is 1. The van der Waals surface area contributed by atoms with E-state index in [1.807, 2.05) is 0 Å². The highest BCUT2D eigenvalue weighted by Crippen LogP contribution is 2.37. The summed E-state index contributed by atoms with van der Waals surface area (Å²) in [6, 6.07) is 3.02. The minimum Gasteiger partial charge on any atom is -0.385 e. The highest BCUT2D eigenvalue weighted by atomic mass is 19.4. The second-order valence-corrected chi connectivity index (χ2v) is 5.06. The van der Waals surface area contributed by atoms with E-state index in [9.17, 15) is 23.3 Å². The predicted octanol–water partition coefficient (Wildman–Crippen LogP) is 3.03. The van der Waals surface area contributed by atoms with E-state index in [2.05, 4.69) is 10.6 Å². The molecule has 1 aliphatic heterocycles. The third-order valence-electron chi connectivity index (χ3n) is 3.55. The van der Waals surface area contributed by atoms with Gasteiger partial charge < -0.3 is 10.6 Å². The second-order valence-electron chi connectivity index (χ2n) is 5.06. The smallest absolute Gasteiger partial charge is 0.385 e. The van der Waals surface area contributed by atoms with Gasteiger partial charge in [-0.25, -0.2) is 0 Å². The average Bonchev–Trinajstić information content (AvgIpc) is 2.45. The average molecular weight is 303 g/mol. The summed E-state index contributed by atoms with van der Waals surface area (Å²) in [5, 5.41) is 16.8. The summed E-state index contributed by atoms with van der Waals surface area (Å²) in [6.45, 7) is 2.37. The number of anilines is 1. The van der Waals surface area contributed by atoms with E-state index in [4.69, 9.17) is 0 Å². The summed E-state index contributed by atoms with van der Waals surface area (Å²) in [5.74, 6) is 0.399. The number of alkyl halides is 3. The van der Waals surface area contributed by atoms with E-state index >= 15 is 0 Å². The molecule has 0 bridgehead atoms. The molecular weight excluding hydrogens is 287 g/mol. The molecule has 1 aromatic carbocycles. The van der Waals surface area contributed by atoms with Crippen molar-refractivity contribution in [1.82, 2.24) is 5.32 Å². The van der Waals surface area contributed by atoms with E-state index in [1.54, 1.807) is 0 Å². The lowest BCUT2D eigenvalue weighted by Crippen LogP contribution is -2.31. The first-order valence-corrected chi connectivity index (χ1v) is 6.68. The van der Waals surface area contributed by atoms with Crippen molar-refractivity contribution in [3.8, 4) is 0 Å². The summed E-state index contributed by atoms with van der Waals surface area (Å²) in [5.41, 5.74) is -1.89. The zero-order chi connectivity index (χ0) is 15.5. The van der Waals surface area contributed by atoms with Gasteiger partial charge in [0.25, 0.3) is 5.69 Å². The molecule has 0 radical (unpaired) electrons. The molecule has 2 N–H and O–H groups in total. The Labute approximate surface area is 119 Å². The van der Waals surface area contributed by atoms with Crippen LogP contribution in [-0.4, -0.2) is 24.6 Å². The Bertz CT molecular complexity index is 514. The maximum Gasteiger partial charge on any atom is 0.423 e. The predicted molar refractivity (Wildman–Crippen MR) is 72.2 cm³/mol. The zero-order valence-corrected chi connectivity index (χ0v) is 11.2. The summed E-state index contributed by atoms with van der Waals surface area (Å²) in [6.07, 6.45) is -2.81. The molecule has 21 heavy (non-hydrogen) atoms. The van der Waals surface area contributed by atoms with Gasteiger partial charge >= 0.3 is 6.18 Å². The Morgan fingerprint density at radius 3 is 2.57 bits per heavy atom. The van der Waals surface area contributed by atoms with Crippen LogP contribution in [-0.2, 0) is 6.18 Å². The largest absolute Gasteiger partial charge is 0.423 e. The number of nitrogens with zero attached hydrogens (tertiary/aromatic N) is 1. The van der Waals surface area contributed by atoms with Gasteiger partial charge in [0.05, 0.1) is 4.92 Å². The van der Waals surface area contributed by atoms with Crippen LogP contribution in [0.15, 0.2) is 18.2 Å². The van der Waals surface area contributed by atoms with Gasteiger partial charge in [-0.05, 0) is 44.0 Å². The highest BCUT2D eigenvalue weighted by molar-refractivity contribution is 5.55. The maximum atomic E-state index is 12.8. The Morgan fingerprint density at radius 1 is 1.33 bits per heavy atom. The number of hydrogen-bond donors (Lipinski definition) is 2. The third kappa shape index (κ3) is 4.07. The molecule has 0 aliphatic carbocycles. The molecule has 1 aliphatic rings. The van der Waals surface area contributed by atoms with E-state index in [1.165, 1.54) is 6.07 Å². The minimum atomic E-state index is -4.74. The third-order valence-corrected chi connectivity index (χ3v) is 3.55. The van der Waals surface area contributed by atoms with Gasteiger partial charge in [0, 0.05) is 18.3 Å². The monoisotopic (exact) mass is 303 g/mol. The van der Waals surface area contributed by atoms with Crippen LogP contribution in [0.3, 0.4) is 0 Å². The van der Waals surface area contributed by atoms with Crippen molar-refractivity contribution in [2.24, 2.45) is 5.92 Å². The van der Waals surface area contributed by atoms with Gasteiger partial charge in [0.2, 0.25) is 0 Å². The number of nitrogens with one attached hydrogen (secondary N) is 2. The molecule has 0 spiro atoms. The topological polar surface area (TPSA) is 67.2 Å². The van der Waals surface area contributed by atoms with Crippen molar-refractivity contribution < 1.29 is 18.1 Å². The minimum absolute atomic E-state index is 0.256. The Hall–Kier alpha value is -1.83. The zero-order valence-electron chi connectivity index (χ0n) is 11.2. The molecule has 8 heteroatoms. The fourth-order valence-electron chi connectivity index (χ4n) is 2.38. The number of nitro groups is 1. The quantitative estimate of drug-likeness (QED) is 0.663. The van der Waals surface area contributed by atoms with Crippen LogP contribution < -0.4 is 10.6 Å². The van der Waals surface area contributed by atoms with Crippen molar-refractivity contribution >= 4 is 11.4 Å². The van der Waals surface area contributed by atoms with Crippen LogP contribution in [0.1, 0.15) is 18.4 Å². The standard InChI is InChI=1S/C13H16F3N3O2/c14-13(15,16)11-7-10(1-2-12(11)19(20)21)18-8-9-3-5-17-6-4-9/h1-2,7,9,17-18H,3-6,8H2. The summed E-state index contributed by atoms with van der Waals surface area (Å²) in [7, 11) is 0. The first-order valence-electron chi connectivity index (χ1n) is 6.68. The van der Waals surface area contributed by atoms with Gasteiger partial charge in [-0.2, -0.15) is 13.2 Å². The van der Waals surface area contributed by atoms with Crippen molar-refractivity contribution in [2.75, 3.05) is 25.0 Å². The molecule has 0 atom stereocenters. The maximum absolute atomic E-state index is 12.8. The number of benzene rings is 1. The lowest BCUT2D eigenvalue weighted by atomic mass is 9.98. The summed E-state index contributed by atoms with van der Waals surface area (Å²) < 4.78 is 38.5. The number of rotatable bonds is 4. The van der Waals surface area contributed by atoms with Crippen LogP contribution in [0.5, 0.6) is 0 Å². The summed E-state index contributed by atoms with van der Waals surface area (Å²) >= 11 is 0. The molecule has 5 nitrogen and oxygen atoms in total. The highest BCUT2D eigenvalue weighted by Gasteiger charge is 2.38. The Kier molecular flexibility index (Phi) is 4.66. The Balaban J connectivity index is 2.11. The molecular formula is C13H16F3N3O2. The van der Waals surface area contributed by atoms with Crippen molar-refractivity contribution in [2.45, 2.75) is 19.0 Å². The summed E-state index contributed by atoms with van der Waals surface area (Å²) in [4.78, 5) is 9.65. The van der Waals surface area contributed by atoms with E-state index < -0.39 is 22.4 Å². The van der Waals surface area contributed by atoms with Crippen LogP contribution in [0, 0.1) is 16.0 Å². The number of halogens is 3. The van der Waals surface area contributed by atoms with E-state index in [0.717, 1.165) is 38.1 Å². The molecule has 1 aromatic rings. The van der Waals surface area contributed by atoms with Gasteiger partial charge in [0.15, 0.2) is 0 Å².